The lowest BCUT2D eigenvalue weighted by Crippen LogP contribution is -2.21. The minimum Gasteiger partial charge on any atom is -0.497 e. The highest BCUT2D eigenvalue weighted by Crippen LogP contribution is 2.21. The van der Waals surface area contributed by atoms with Gasteiger partial charge in [0.05, 0.1) is 26.0 Å². The van der Waals surface area contributed by atoms with Crippen LogP contribution in [0.1, 0.15) is 41.9 Å². The van der Waals surface area contributed by atoms with Gasteiger partial charge < -0.3 is 15.2 Å². The Kier molecular flexibility index (Phi) is 6.19. The van der Waals surface area contributed by atoms with E-state index >= 15 is 0 Å². The van der Waals surface area contributed by atoms with Crippen LogP contribution in [0.4, 0.5) is 0 Å². The summed E-state index contributed by atoms with van der Waals surface area (Å²) in [5.74, 6) is 0.876. The molecule has 0 aliphatic heterocycles. The molecule has 0 saturated carbocycles. The fourth-order valence-corrected chi connectivity index (χ4v) is 2.86. The van der Waals surface area contributed by atoms with E-state index in [9.17, 15) is 0 Å². The zero-order valence-electron chi connectivity index (χ0n) is 14.5. The molecule has 5 nitrogen and oxygen atoms in total. The van der Waals surface area contributed by atoms with Crippen LogP contribution in [-0.2, 0) is 13.1 Å². The largest absolute Gasteiger partial charge is 0.497 e. The van der Waals surface area contributed by atoms with E-state index in [-0.39, 0.29) is 6.61 Å². The second-order valence-corrected chi connectivity index (χ2v) is 5.71. The lowest BCUT2D eigenvalue weighted by Gasteiger charge is -2.18. The standard InChI is InChI=1S/C18H27N3O2/c1-5-18(15-6-8-16(23-4)9-7-15)19-12-17-13(2)20-21(10-11-22)14(17)3/h6-9,18-19,22H,5,10-12H2,1-4H3. The van der Waals surface area contributed by atoms with E-state index in [0.717, 1.165) is 30.1 Å². The van der Waals surface area contributed by atoms with Crippen molar-refractivity contribution in [2.24, 2.45) is 0 Å². The van der Waals surface area contributed by atoms with E-state index in [1.165, 1.54) is 11.1 Å². The number of aromatic nitrogens is 2. The van der Waals surface area contributed by atoms with Gasteiger partial charge in [-0.3, -0.25) is 4.68 Å². The summed E-state index contributed by atoms with van der Waals surface area (Å²) in [6.45, 7) is 7.68. The van der Waals surface area contributed by atoms with Gasteiger partial charge in [0.1, 0.15) is 5.75 Å². The molecule has 2 rings (SSSR count). The van der Waals surface area contributed by atoms with Crippen LogP contribution in [0, 0.1) is 13.8 Å². The first kappa shape index (κ1) is 17.5. The van der Waals surface area contributed by atoms with Gasteiger partial charge in [-0.1, -0.05) is 19.1 Å². The van der Waals surface area contributed by atoms with Crippen molar-refractivity contribution in [3.63, 3.8) is 0 Å². The molecule has 1 unspecified atom stereocenters. The van der Waals surface area contributed by atoms with Crippen molar-refractivity contribution >= 4 is 0 Å². The molecule has 0 bridgehead atoms. The van der Waals surface area contributed by atoms with Crippen LogP contribution >= 0.6 is 0 Å². The molecule has 126 valence electrons. The molecule has 1 atom stereocenters. The second kappa shape index (κ2) is 8.13. The molecule has 1 aromatic heterocycles. The Morgan fingerprint density at radius 1 is 1.26 bits per heavy atom. The highest BCUT2D eigenvalue weighted by molar-refractivity contribution is 5.30. The summed E-state index contributed by atoms with van der Waals surface area (Å²) in [5.41, 5.74) is 4.61. The number of benzene rings is 1. The van der Waals surface area contributed by atoms with Gasteiger partial charge in [-0.05, 0) is 38.0 Å². The maximum Gasteiger partial charge on any atom is 0.118 e. The van der Waals surface area contributed by atoms with Gasteiger partial charge in [0.25, 0.3) is 0 Å². The van der Waals surface area contributed by atoms with Crippen LogP contribution in [0.5, 0.6) is 5.75 Å². The van der Waals surface area contributed by atoms with Crippen LogP contribution in [0.25, 0.3) is 0 Å². The minimum absolute atomic E-state index is 0.109. The van der Waals surface area contributed by atoms with Crippen molar-refractivity contribution in [3.05, 3.63) is 46.8 Å². The molecule has 0 aliphatic carbocycles. The first-order chi connectivity index (χ1) is 11.1. The number of ether oxygens (including phenoxy) is 1. The summed E-state index contributed by atoms with van der Waals surface area (Å²) in [7, 11) is 1.68. The van der Waals surface area contributed by atoms with Gasteiger partial charge in [0.2, 0.25) is 0 Å². The fourth-order valence-electron chi connectivity index (χ4n) is 2.86. The Hall–Kier alpha value is -1.85. The Morgan fingerprint density at radius 2 is 1.96 bits per heavy atom. The first-order valence-electron chi connectivity index (χ1n) is 8.11. The SMILES string of the molecule is CCC(NCc1c(C)nn(CCO)c1C)c1ccc(OC)cc1. The van der Waals surface area contributed by atoms with Crippen molar-refractivity contribution < 1.29 is 9.84 Å². The quantitative estimate of drug-likeness (QED) is 0.786. The molecule has 2 N–H and O–H groups in total. The zero-order chi connectivity index (χ0) is 16.8. The average molecular weight is 317 g/mol. The first-order valence-corrected chi connectivity index (χ1v) is 8.11. The molecule has 0 fully saturated rings. The van der Waals surface area contributed by atoms with Gasteiger partial charge >= 0.3 is 0 Å². The number of aliphatic hydroxyl groups is 1. The molecule has 5 heteroatoms. The third-order valence-corrected chi connectivity index (χ3v) is 4.29. The fraction of sp³-hybridized carbons (Fsp3) is 0.500. The molecular formula is C18H27N3O2. The van der Waals surface area contributed by atoms with Crippen molar-refractivity contribution in [3.8, 4) is 5.75 Å². The highest BCUT2D eigenvalue weighted by Gasteiger charge is 2.14. The Morgan fingerprint density at radius 3 is 2.52 bits per heavy atom. The summed E-state index contributed by atoms with van der Waals surface area (Å²) >= 11 is 0. The molecule has 0 radical (unpaired) electrons. The normalized spacial score (nSPS) is 12.4. The van der Waals surface area contributed by atoms with Gasteiger partial charge in [0.15, 0.2) is 0 Å². The van der Waals surface area contributed by atoms with Gasteiger partial charge in [0, 0.05) is 23.8 Å². The Balaban J connectivity index is 2.08. The van der Waals surface area contributed by atoms with Crippen LogP contribution in [0.3, 0.4) is 0 Å². The lowest BCUT2D eigenvalue weighted by atomic mass is 10.0. The minimum atomic E-state index is 0.109. The monoisotopic (exact) mass is 317 g/mol. The molecular weight excluding hydrogens is 290 g/mol. The number of nitrogens with zero attached hydrogens (tertiary/aromatic N) is 2. The van der Waals surface area contributed by atoms with Gasteiger partial charge in [-0.15, -0.1) is 0 Å². The van der Waals surface area contributed by atoms with E-state index in [1.807, 2.05) is 23.7 Å². The number of hydrogen-bond donors (Lipinski definition) is 2. The molecule has 23 heavy (non-hydrogen) atoms. The third-order valence-electron chi connectivity index (χ3n) is 4.29. The van der Waals surface area contributed by atoms with E-state index in [4.69, 9.17) is 9.84 Å². The lowest BCUT2D eigenvalue weighted by molar-refractivity contribution is 0.267. The Bertz CT molecular complexity index is 620. The molecule has 1 heterocycles. The molecule has 1 aromatic carbocycles. The van der Waals surface area contributed by atoms with Crippen LogP contribution < -0.4 is 10.1 Å². The third kappa shape index (κ3) is 4.12. The van der Waals surface area contributed by atoms with E-state index in [2.05, 4.69) is 36.4 Å². The molecule has 0 saturated heterocycles. The summed E-state index contributed by atoms with van der Waals surface area (Å²) < 4.78 is 7.09. The van der Waals surface area contributed by atoms with E-state index in [0.29, 0.717) is 12.6 Å². The highest BCUT2D eigenvalue weighted by atomic mass is 16.5. The number of aliphatic hydroxyl groups excluding tert-OH is 1. The van der Waals surface area contributed by atoms with E-state index in [1.54, 1.807) is 7.11 Å². The Labute approximate surface area is 138 Å². The van der Waals surface area contributed by atoms with Crippen LogP contribution in [0.2, 0.25) is 0 Å². The predicted octanol–water partition coefficient (Wildman–Crippen LogP) is 2.74. The number of hydrogen-bond acceptors (Lipinski definition) is 4. The van der Waals surface area contributed by atoms with Crippen molar-refractivity contribution in [1.29, 1.82) is 0 Å². The van der Waals surface area contributed by atoms with Crippen molar-refractivity contribution in [2.75, 3.05) is 13.7 Å². The number of rotatable bonds is 8. The molecule has 0 amide bonds. The summed E-state index contributed by atoms with van der Waals surface area (Å²) in [6.07, 6.45) is 1.01. The number of nitrogens with one attached hydrogen (secondary N) is 1. The van der Waals surface area contributed by atoms with E-state index < -0.39 is 0 Å². The maximum atomic E-state index is 9.11. The smallest absolute Gasteiger partial charge is 0.118 e. The maximum absolute atomic E-state index is 9.11. The van der Waals surface area contributed by atoms with Crippen molar-refractivity contribution in [1.82, 2.24) is 15.1 Å². The zero-order valence-corrected chi connectivity index (χ0v) is 14.5. The summed E-state index contributed by atoms with van der Waals surface area (Å²) in [4.78, 5) is 0. The number of aryl methyl sites for hydroxylation is 1. The van der Waals surface area contributed by atoms with Crippen molar-refractivity contribution in [2.45, 2.75) is 46.3 Å². The summed E-state index contributed by atoms with van der Waals surface area (Å²) in [5, 5.41) is 17.2. The topological polar surface area (TPSA) is 59.3 Å². The average Bonchev–Trinajstić information content (AvgIpc) is 2.83. The van der Waals surface area contributed by atoms with Gasteiger partial charge in [-0.2, -0.15) is 5.10 Å². The van der Waals surface area contributed by atoms with Crippen LogP contribution in [0.15, 0.2) is 24.3 Å². The predicted molar refractivity (Wildman–Crippen MR) is 91.7 cm³/mol. The molecule has 2 aromatic rings. The van der Waals surface area contributed by atoms with Gasteiger partial charge in [-0.25, -0.2) is 0 Å². The second-order valence-electron chi connectivity index (χ2n) is 5.71. The molecule has 0 spiro atoms. The molecule has 0 aliphatic rings. The summed E-state index contributed by atoms with van der Waals surface area (Å²) in [6, 6.07) is 8.50. The number of methoxy groups -OCH3 is 1. The van der Waals surface area contributed by atoms with Crippen LogP contribution in [-0.4, -0.2) is 28.6 Å².